The molecule has 0 aliphatic heterocycles. The molecule has 18 heavy (non-hydrogen) atoms. The Kier molecular flexibility index (Phi) is 4.81. The van der Waals surface area contributed by atoms with Gasteiger partial charge < -0.3 is 5.32 Å². The molecule has 0 amide bonds. The third-order valence-electron chi connectivity index (χ3n) is 4.21. The van der Waals surface area contributed by atoms with E-state index in [0.717, 1.165) is 18.9 Å². The molecule has 0 bridgehead atoms. The van der Waals surface area contributed by atoms with E-state index in [-0.39, 0.29) is 0 Å². The molecule has 1 aromatic heterocycles. The summed E-state index contributed by atoms with van der Waals surface area (Å²) < 4.78 is 2.08. The third-order valence-corrected chi connectivity index (χ3v) is 4.21. The fourth-order valence-electron chi connectivity index (χ4n) is 2.77. The second-order valence-corrected chi connectivity index (χ2v) is 5.89. The van der Waals surface area contributed by atoms with Crippen molar-refractivity contribution >= 4 is 0 Å². The lowest BCUT2D eigenvalue weighted by molar-refractivity contribution is 0.299. The monoisotopic (exact) mass is 249 g/mol. The quantitative estimate of drug-likeness (QED) is 0.865. The first kappa shape index (κ1) is 13.6. The van der Waals surface area contributed by atoms with Gasteiger partial charge >= 0.3 is 0 Å². The van der Waals surface area contributed by atoms with Gasteiger partial charge in [-0.1, -0.05) is 26.7 Å². The van der Waals surface area contributed by atoms with Gasteiger partial charge in [0.2, 0.25) is 0 Å². The van der Waals surface area contributed by atoms with E-state index in [1.165, 1.54) is 31.4 Å². The molecule has 3 heteroatoms. The molecule has 1 aliphatic carbocycles. The van der Waals surface area contributed by atoms with Gasteiger partial charge in [-0.2, -0.15) is 5.10 Å². The predicted octanol–water partition coefficient (Wildman–Crippen LogP) is 3.52. The number of nitrogens with one attached hydrogen (secondary N) is 1. The number of nitrogens with zero attached hydrogens (tertiary/aromatic N) is 2. The van der Waals surface area contributed by atoms with Crippen LogP contribution in [-0.4, -0.2) is 15.8 Å². The summed E-state index contributed by atoms with van der Waals surface area (Å²) in [7, 11) is 0. The van der Waals surface area contributed by atoms with E-state index in [2.05, 4.69) is 48.1 Å². The Bertz CT molecular complexity index is 358. The summed E-state index contributed by atoms with van der Waals surface area (Å²) in [4.78, 5) is 0. The zero-order chi connectivity index (χ0) is 13.0. The van der Waals surface area contributed by atoms with Crippen LogP contribution in [0.25, 0.3) is 0 Å². The zero-order valence-electron chi connectivity index (χ0n) is 12.0. The minimum absolute atomic E-state index is 0.508. The molecule has 1 fully saturated rings. The Morgan fingerprint density at radius 2 is 2.33 bits per heavy atom. The van der Waals surface area contributed by atoms with Crippen LogP contribution in [0.2, 0.25) is 0 Å². The van der Waals surface area contributed by atoms with Crippen molar-refractivity contribution in [3.05, 3.63) is 18.0 Å². The fraction of sp³-hybridized carbons (Fsp3) is 0.800. The second-order valence-electron chi connectivity index (χ2n) is 5.89. The molecule has 102 valence electrons. The average Bonchev–Trinajstić information content (AvgIpc) is 2.84. The first-order valence-electron chi connectivity index (χ1n) is 7.46. The van der Waals surface area contributed by atoms with Crippen molar-refractivity contribution in [2.45, 2.75) is 71.5 Å². The Hall–Kier alpha value is -0.830. The highest BCUT2D eigenvalue weighted by atomic mass is 15.3. The van der Waals surface area contributed by atoms with Gasteiger partial charge in [-0.25, -0.2) is 0 Å². The molecule has 1 heterocycles. The summed E-state index contributed by atoms with van der Waals surface area (Å²) in [5, 5.41) is 8.30. The van der Waals surface area contributed by atoms with Gasteiger partial charge in [-0.15, -0.1) is 0 Å². The lowest BCUT2D eigenvalue weighted by atomic mass is 9.87. The topological polar surface area (TPSA) is 29.9 Å². The maximum Gasteiger partial charge on any atom is 0.0762 e. The van der Waals surface area contributed by atoms with Crippen molar-refractivity contribution in [2.75, 3.05) is 0 Å². The van der Waals surface area contributed by atoms with Crippen molar-refractivity contribution in [1.82, 2.24) is 15.1 Å². The second kappa shape index (κ2) is 6.37. The molecule has 0 radical (unpaired) electrons. The van der Waals surface area contributed by atoms with Gasteiger partial charge in [0.1, 0.15) is 0 Å². The number of hydrogen-bond acceptors (Lipinski definition) is 2. The number of aromatic nitrogens is 2. The van der Waals surface area contributed by atoms with E-state index in [4.69, 9.17) is 0 Å². The predicted molar refractivity (Wildman–Crippen MR) is 75.5 cm³/mol. The van der Waals surface area contributed by atoms with Crippen molar-refractivity contribution in [3.8, 4) is 0 Å². The van der Waals surface area contributed by atoms with Crippen molar-refractivity contribution in [3.63, 3.8) is 0 Å². The average molecular weight is 249 g/mol. The Morgan fingerprint density at radius 1 is 1.50 bits per heavy atom. The third kappa shape index (κ3) is 3.58. The van der Waals surface area contributed by atoms with Crippen molar-refractivity contribution < 1.29 is 0 Å². The van der Waals surface area contributed by atoms with Crippen LogP contribution in [-0.2, 0) is 6.54 Å². The molecule has 3 unspecified atom stereocenters. The summed E-state index contributed by atoms with van der Waals surface area (Å²) in [6, 6.07) is 3.35. The largest absolute Gasteiger partial charge is 0.308 e. The van der Waals surface area contributed by atoms with Crippen LogP contribution < -0.4 is 5.32 Å². The molecule has 0 spiro atoms. The van der Waals surface area contributed by atoms with Crippen LogP contribution in [0.1, 0.15) is 64.6 Å². The zero-order valence-corrected chi connectivity index (χ0v) is 12.0. The van der Waals surface area contributed by atoms with E-state index in [0.29, 0.717) is 12.1 Å². The lowest BCUT2D eigenvalue weighted by Gasteiger charge is -2.27. The van der Waals surface area contributed by atoms with Gasteiger partial charge in [0.05, 0.1) is 5.69 Å². The Morgan fingerprint density at radius 3 is 3.06 bits per heavy atom. The molecule has 1 saturated carbocycles. The first-order valence-corrected chi connectivity index (χ1v) is 7.46. The van der Waals surface area contributed by atoms with E-state index in [9.17, 15) is 0 Å². The van der Waals surface area contributed by atoms with E-state index in [1.807, 2.05) is 0 Å². The molecular weight excluding hydrogens is 222 g/mol. The van der Waals surface area contributed by atoms with E-state index >= 15 is 0 Å². The summed E-state index contributed by atoms with van der Waals surface area (Å²) in [6.45, 7) is 7.70. The summed E-state index contributed by atoms with van der Waals surface area (Å²) >= 11 is 0. The fourth-order valence-corrected chi connectivity index (χ4v) is 2.77. The molecule has 1 N–H and O–H groups in total. The molecule has 1 aromatic rings. The highest BCUT2D eigenvalue weighted by Gasteiger charge is 2.18. The van der Waals surface area contributed by atoms with Crippen LogP contribution in [0, 0.1) is 5.92 Å². The van der Waals surface area contributed by atoms with Gasteiger partial charge in [0, 0.05) is 24.8 Å². The van der Waals surface area contributed by atoms with Gasteiger partial charge in [0.15, 0.2) is 0 Å². The molecule has 1 aliphatic rings. The normalized spacial score (nSPS) is 26.2. The van der Waals surface area contributed by atoms with Gasteiger partial charge in [0.25, 0.3) is 0 Å². The van der Waals surface area contributed by atoms with Crippen molar-refractivity contribution in [1.29, 1.82) is 0 Å². The summed E-state index contributed by atoms with van der Waals surface area (Å²) in [5.74, 6) is 0.883. The van der Waals surface area contributed by atoms with Crippen LogP contribution in [0.15, 0.2) is 12.3 Å². The maximum atomic E-state index is 4.64. The standard InChI is InChI=1S/C15H27N3/c1-4-13(3)18-9-8-15(17-18)11-16-14-7-5-6-12(2)10-14/h8-9,12-14,16H,4-7,10-11H2,1-3H3. The Balaban J connectivity index is 1.81. The van der Waals surface area contributed by atoms with Crippen LogP contribution in [0.5, 0.6) is 0 Å². The number of hydrogen-bond donors (Lipinski definition) is 1. The van der Waals surface area contributed by atoms with Crippen LogP contribution in [0.4, 0.5) is 0 Å². The maximum absolute atomic E-state index is 4.64. The van der Waals surface area contributed by atoms with Crippen LogP contribution in [0.3, 0.4) is 0 Å². The molecule has 3 atom stereocenters. The van der Waals surface area contributed by atoms with Crippen LogP contribution >= 0.6 is 0 Å². The lowest BCUT2D eigenvalue weighted by Crippen LogP contribution is -2.33. The molecule has 0 saturated heterocycles. The van der Waals surface area contributed by atoms with Crippen molar-refractivity contribution in [2.24, 2.45) is 5.92 Å². The highest BCUT2D eigenvalue weighted by molar-refractivity contribution is 4.99. The highest BCUT2D eigenvalue weighted by Crippen LogP contribution is 2.23. The number of rotatable bonds is 5. The minimum atomic E-state index is 0.508. The van der Waals surface area contributed by atoms with Gasteiger partial charge in [-0.05, 0) is 38.2 Å². The minimum Gasteiger partial charge on any atom is -0.308 e. The summed E-state index contributed by atoms with van der Waals surface area (Å²) in [6.07, 6.45) is 8.67. The summed E-state index contributed by atoms with van der Waals surface area (Å²) in [5.41, 5.74) is 1.17. The first-order chi connectivity index (χ1) is 8.69. The SMILES string of the molecule is CCC(C)n1ccc(CNC2CCCC(C)C2)n1. The Labute approximate surface area is 111 Å². The van der Waals surface area contributed by atoms with E-state index < -0.39 is 0 Å². The molecular formula is C15H27N3. The smallest absolute Gasteiger partial charge is 0.0762 e. The molecule has 3 nitrogen and oxygen atoms in total. The van der Waals surface area contributed by atoms with E-state index in [1.54, 1.807) is 0 Å². The molecule has 2 rings (SSSR count). The molecule has 0 aromatic carbocycles. The van der Waals surface area contributed by atoms with Gasteiger partial charge in [-0.3, -0.25) is 4.68 Å².